The first kappa shape index (κ1) is 28.7. The number of hydrogen-bond donors (Lipinski definition) is 1. The van der Waals surface area contributed by atoms with E-state index in [0.29, 0.717) is 28.9 Å². The highest BCUT2D eigenvalue weighted by Crippen LogP contribution is 2.55. The van der Waals surface area contributed by atoms with Crippen LogP contribution in [0.15, 0.2) is 42.5 Å². The van der Waals surface area contributed by atoms with Crippen molar-refractivity contribution in [2.45, 2.75) is 75.9 Å². The number of aromatic hydroxyl groups is 1. The molecule has 1 N–H and O–H groups in total. The Morgan fingerprint density at radius 2 is 1.92 bits per heavy atom. The highest BCUT2D eigenvalue weighted by Gasteiger charge is 2.59. The van der Waals surface area contributed by atoms with E-state index >= 15 is 0 Å². The molecule has 3 atom stereocenters. The number of ether oxygens (including phenoxy) is 1. The van der Waals surface area contributed by atoms with Gasteiger partial charge in [0.1, 0.15) is 5.75 Å². The molecule has 0 aromatic heterocycles. The van der Waals surface area contributed by atoms with E-state index in [-0.39, 0.29) is 28.7 Å². The number of piperidine rings is 1. The minimum atomic E-state index is -0.360. The topological polar surface area (TPSA) is 53.0 Å². The predicted octanol–water partition coefficient (Wildman–Crippen LogP) is 6.72. The van der Waals surface area contributed by atoms with Gasteiger partial charge in [-0.05, 0) is 92.3 Å². The number of amides is 1. The lowest BCUT2D eigenvalue weighted by Gasteiger charge is -2.61. The number of nitrogens with zero attached hydrogens (tertiary/aromatic N) is 2. The molecule has 0 spiro atoms. The fraction of sp³-hybridized carbons (Fsp3) is 0.594. The highest BCUT2D eigenvalue weighted by molar-refractivity contribution is 6.42. The van der Waals surface area contributed by atoms with Crippen molar-refractivity contribution in [2.75, 3.05) is 33.3 Å². The molecule has 3 fully saturated rings. The number of methoxy groups -OCH3 is 1. The molecule has 2 aromatic carbocycles. The van der Waals surface area contributed by atoms with Gasteiger partial charge in [0.25, 0.3) is 0 Å². The van der Waals surface area contributed by atoms with Crippen LogP contribution >= 0.6 is 23.2 Å². The lowest BCUT2D eigenvalue weighted by atomic mass is 9.55. The Labute approximate surface area is 243 Å². The third kappa shape index (κ3) is 5.98. The highest BCUT2D eigenvalue weighted by atomic mass is 35.5. The third-order valence-electron chi connectivity index (χ3n) is 9.34. The molecular weight excluding hydrogens is 531 g/mol. The van der Waals surface area contributed by atoms with Crippen LogP contribution in [0.4, 0.5) is 0 Å². The molecule has 2 aromatic rings. The molecule has 39 heavy (non-hydrogen) atoms. The van der Waals surface area contributed by atoms with Crippen LogP contribution in [0.2, 0.25) is 10.0 Å². The smallest absolute Gasteiger partial charge is 0.227 e. The van der Waals surface area contributed by atoms with Gasteiger partial charge in [-0.3, -0.25) is 4.79 Å². The Hall–Kier alpha value is -1.79. The molecule has 1 heterocycles. The quantitative estimate of drug-likeness (QED) is 0.362. The minimum absolute atomic E-state index is 0.0864. The molecule has 2 saturated carbocycles. The van der Waals surface area contributed by atoms with Crippen molar-refractivity contribution >= 4 is 29.1 Å². The summed E-state index contributed by atoms with van der Waals surface area (Å²) in [6, 6.07) is 13.3. The van der Waals surface area contributed by atoms with E-state index < -0.39 is 0 Å². The lowest BCUT2D eigenvalue weighted by Crippen LogP contribution is -2.68. The van der Waals surface area contributed by atoms with Crippen LogP contribution in [0.25, 0.3) is 0 Å². The van der Waals surface area contributed by atoms with Gasteiger partial charge < -0.3 is 19.6 Å². The standard InChI is InChI=1S/C32H42Cl2N2O3/c1-22(2)19-36(30(38)16-24-9-10-28(33)29(34)15-24)26-11-12-32(39-3)21-35(20-23-7-8-23)14-13-31(32,18-26)25-5-4-6-27(37)17-25/h4-6,9-10,15,17,22-23,26,37H,7-8,11-14,16,18-21H2,1-3H3. The van der Waals surface area contributed by atoms with Gasteiger partial charge in [-0.2, -0.15) is 0 Å². The largest absolute Gasteiger partial charge is 0.508 e. The molecule has 0 bridgehead atoms. The molecule has 5 rings (SSSR count). The van der Waals surface area contributed by atoms with E-state index in [4.69, 9.17) is 27.9 Å². The maximum Gasteiger partial charge on any atom is 0.227 e. The number of rotatable bonds is 9. The number of hydrogen-bond acceptors (Lipinski definition) is 4. The Morgan fingerprint density at radius 1 is 1.13 bits per heavy atom. The van der Waals surface area contributed by atoms with Gasteiger partial charge in [-0.15, -0.1) is 0 Å². The molecule has 1 saturated heterocycles. The summed E-state index contributed by atoms with van der Waals surface area (Å²) >= 11 is 12.4. The van der Waals surface area contributed by atoms with Crippen LogP contribution in [0, 0.1) is 11.8 Å². The summed E-state index contributed by atoms with van der Waals surface area (Å²) in [7, 11) is 1.86. The predicted molar refractivity (Wildman–Crippen MR) is 158 cm³/mol. The summed E-state index contributed by atoms with van der Waals surface area (Å²) in [4.78, 5) is 18.6. The SMILES string of the molecule is COC12CCC(N(CC(C)C)C(=O)Cc3ccc(Cl)c(Cl)c3)CC1(c1cccc(O)c1)CCN(CC1CC1)C2. The number of phenols is 1. The second kappa shape index (κ2) is 11.6. The van der Waals surface area contributed by atoms with Crippen molar-refractivity contribution in [2.24, 2.45) is 11.8 Å². The van der Waals surface area contributed by atoms with Gasteiger partial charge in [0.05, 0.1) is 22.1 Å². The molecule has 3 aliphatic rings. The summed E-state index contributed by atoms with van der Waals surface area (Å²) in [6.07, 6.45) is 6.50. The molecule has 212 valence electrons. The van der Waals surface area contributed by atoms with Crippen LogP contribution in [-0.4, -0.2) is 65.7 Å². The van der Waals surface area contributed by atoms with Gasteiger partial charge in [-0.1, -0.05) is 55.2 Å². The van der Waals surface area contributed by atoms with E-state index in [1.807, 2.05) is 25.3 Å². The van der Waals surface area contributed by atoms with E-state index in [0.717, 1.165) is 62.4 Å². The Balaban J connectivity index is 1.47. The first-order chi connectivity index (χ1) is 18.6. The molecule has 0 radical (unpaired) electrons. The van der Waals surface area contributed by atoms with E-state index in [1.165, 1.54) is 12.8 Å². The molecular formula is C32H42Cl2N2O3. The van der Waals surface area contributed by atoms with Crippen molar-refractivity contribution < 1.29 is 14.6 Å². The summed E-state index contributed by atoms with van der Waals surface area (Å²) in [5.74, 6) is 1.57. The zero-order valence-corrected chi connectivity index (χ0v) is 25.0. The Morgan fingerprint density at radius 3 is 2.59 bits per heavy atom. The minimum Gasteiger partial charge on any atom is -0.508 e. The van der Waals surface area contributed by atoms with Crippen LogP contribution in [0.5, 0.6) is 5.75 Å². The first-order valence-corrected chi connectivity index (χ1v) is 15.2. The Kier molecular flexibility index (Phi) is 8.54. The van der Waals surface area contributed by atoms with E-state index in [9.17, 15) is 9.90 Å². The maximum atomic E-state index is 13.9. The average Bonchev–Trinajstić information content (AvgIpc) is 3.73. The van der Waals surface area contributed by atoms with Crippen LogP contribution in [-0.2, 0) is 21.4 Å². The second-order valence-electron chi connectivity index (χ2n) is 12.5. The van der Waals surface area contributed by atoms with Crippen LogP contribution in [0.1, 0.15) is 63.5 Å². The van der Waals surface area contributed by atoms with Crippen molar-refractivity contribution in [3.63, 3.8) is 0 Å². The van der Waals surface area contributed by atoms with Gasteiger partial charge in [0, 0.05) is 38.2 Å². The zero-order chi connectivity index (χ0) is 27.8. The lowest BCUT2D eigenvalue weighted by molar-refractivity contribution is -0.162. The van der Waals surface area contributed by atoms with Gasteiger partial charge in [0.15, 0.2) is 0 Å². The summed E-state index contributed by atoms with van der Waals surface area (Å²) in [6.45, 7) is 8.09. The fourth-order valence-corrected chi connectivity index (χ4v) is 7.55. The molecule has 2 aliphatic carbocycles. The average molecular weight is 574 g/mol. The number of phenolic OH excluding ortho intramolecular Hbond substituents is 1. The number of fused-ring (bicyclic) bond motifs is 1. The maximum absolute atomic E-state index is 13.9. The van der Waals surface area contributed by atoms with Gasteiger partial charge >= 0.3 is 0 Å². The second-order valence-corrected chi connectivity index (χ2v) is 13.3. The van der Waals surface area contributed by atoms with Crippen molar-refractivity contribution in [3.8, 4) is 5.75 Å². The third-order valence-corrected chi connectivity index (χ3v) is 10.1. The number of benzene rings is 2. The summed E-state index contributed by atoms with van der Waals surface area (Å²) < 4.78 is 6.55. The summed E-state index contributed by atoms with van der Waals surface area (Å²) in [5.41, 5.74) is 1.35. The van der Waals surface area contributed by atoms with Crippen molar-refractivity contribution in [1.29, 1.82) is 0 Å². The monoisotopic (exact) mass is 572 g/mol. The van der Waals surface area contributed by atoms with Gasteiger partial charge in [-0.25, -0.2) is 0 Å². The van der Waals surface area contributed by atoms with E-state index in [1.54, 1.807) is 18.2 Å². The van der Waals surface area contributed by atoms with Crippen molar-refractivity contribution in [1.82, 2.24) is 9.80 Å². The zero-order valence-electron chi connectivity index (χ0n) is 23.5. The van der Waals surface area contributed by atoms with Crippen molar-refractivity contribution in [3.05, 3.63) is 63.6 Å². The molecule has 3 unspecified atom stereocenters. The number of carbonyl (C=O) groups is 1. The fourth-order valence-electron chi connectivity index (χ4n) is 7.23. The molecule has 7 heteroatoms. The summed E-state index contributed by atoms with van der Waals surface area (Å²) in [5, 5.41) is 11.5. The number of halogens is 2. The van der Waals surface area contributed by atoms with E-state index in [2.05, 4.69) is 29.7 Å². The van der Waals surface area contributed by atoms with Crippen LogP contribution < -0.4 is 0 Å². The van der Waals surface area contributed by atoms with Gasteiger partial charge in [0.2, 0.25) is 5.91 Å². The number of carbonyl (C=O) groups excluding carboxylic acids is 1. The first-order valence-electron chi connectivity index (χ1n) is 14.4. The Bertz CT molecular complexity index is 1190. The molecule has 5 nitrogen and oxygen atoms in total. The molecule has 1 amide bonds. The normalized spacial score (nSPS) is 27.4. The van der Waals surface area contributed by atoms with Crippen LogP contribution in [0.3, 0.4) is 0 Å². The molecule has 1 aliphatic heterocycles. The number of likely N-dealkylation sites (tertiary alicyclic amines) is 1.